The highest BCUT2D eigenvalue weighted by Crippen LogP contribution is 2.32. The second-order valence-electron chi connectivity index (χ2n) is 20.7. The van der Waals surface area contributed by atoms with Gasteiger partial charge in [0.25, 0.3) is 11.2 Å². The molecule has 6 rings (SSSR count). The van der Waals surface area contributed by atoms with Gasteiger partial charge in [-0.2, -0.15) is 13.2 Å². The van der Waals surface area contributed by atoms with Crippen LogP contribution in [0.15, 0.2) is 99.4 Å². The number of aromatic nitrogens is 2. The predicted molar refractivity (Wildman–Crippen MR) is 338 cm³/mol. The first-order valence-electron chi connectivity index (χ1n) is 27.8. The summed E-state index contributed by atoms with van der Waals surface area (Å²) in [6.07, 6.45) is 3.21. The maximum Gasteiger partial charge on any atom is 0.431 e. The average molecular weight is 1370 g/mol. The molecule has 0 saturated heterocycles. The van der Waals surface area contributed by atoms with Gasteiger partial charge in [-0.05, 0) is 110 Å². The number of aliphatic carboxylic acids is 1. The number of anilines is 1. The van der Waals surface area contributed by atoms with Crippen LogP contribution < -0.4 is 35.8 Å². The number of halogens is 4. The van der Waals surface area contributed by atoms with Crippen molar-refractivity contribution in [3.8, 4) is 17.2 Å². The van der Waals surface area contributed by atoms with Crippen LogP contribution in [0.5, 0.6) is 11.5 Å². The number of hydrogen-bond donors (Lipinski definition) is 3. The number of carboxylic acid groups (broad SMARTS) is 1. The molecule has 5 aromatic rings. The van der Waals surface area contributed by atoms with E-state index in [9.17, 15) is 79.5 Å². The van der Waals surface area contributed by atoms with Gasteiger partial charge in [0, 0.05) is 51.0 Å². The number of aryl methyl sites for hydroxylation is 3. The van der Waals surface area contributed by atoms with Crippen LogP contribution in [0, 0.1) is 23.0 Å². The molecule has 1 amide bonds. The Morgan fingerprint density at radius 1 is 0.924 bits per heavy atom. The number of methoxy groups -OCH3 is 2. The van der Waals surface area contributed by atoms with Crippen molar-refractivity contribution in [1.29, 1.82) is 0 Å². The Hall–Kier alpha value is -7.57. The highest BCUT2D eigenvalue weighted by molar-refractivity contribution is 7.94. The van der Waals surface area contributed by atoms with Gasteiger partial charge in [-0.25, -0.2) is 22.6 Å². The van der Waals surface area contributed by atoms with Gasteiger partial charge in [-0.15, -0.1) is 11.6 Å². The standard InChI is InChI=1S/C25H25F3N2O6.C15H22ClNO2.C14H13NO7S.C3H8NO5P.C3H9S/c1-5-16-6-7-17(20(12-16)36-15(2)23(32)34-4)14-35-19-10-8-18(9-11-19)30-22(31)13-21(25(26,27)28)29(3)24(30)33;1-5-13-8-6-7-11(2)15(13)17(14(18)9-16)12(3)10-19-4;1-23(21,22)8-5-6-9(10(7-8)15(19)20)14(18)13-11(16)3-2-4-12(13)17;5-3(6)1-4-2-10(7,8)9;1-4(2)3/h6-13,15H,5,14H2,1-4H3;6-8,12H,5,9-10H2,1-4H3;5-7,13H,2-4H2,1H3;4H,1-2H2,(H,5,6)(H2,7,8,9);1-3H3/q;;;;+1/p-1. The lowest BCUT2D eigenvalue weighted by Crippen LogP contribution is -2.43. The number of hydrogen-bond acceptors (Lipinski definition) is 19. The fraction of sp³-hybridized carbons (Fsp3) is 0.433. The van der Waals surface area contributed by atoms with Gasteiger partial charge in [-0.1, -0.05) is 44.2 Å². The molecule has 4 aromatic carbocycles. The number of carbonyl (C=O) groups excluding carboxylic acids is 5. The fourth-order valence-electron chi connectivity index (χ4n) is 8.52. The molecule has 3 unspecified atom stereocenters. The summed E-state index contributed by atoms with van der Waals surface area (Å²) < 4.78 is 94.6. The van der Waals surface area contributed by atoms with Crippen molar-refractivity contribution in [2.75, 3.05) is 69.5 Å². The number of nitrogens with one attached hydrogen (secondary N) is 1. The van der Waals surface area contributed by atoms with Gasteiger partial charge in [0.1, 0.15) is 43.2 Å². The van der Waals surface area contributed by atoms with Crippen LogP contribution in [-0.2, 0) is 91.4 Å². The lowest BCUT2D eigenvalue weighted by molar-refractivity contribution is -0.385. The number of nitro groups is 1. The van der Waals surface area contributed by atoms with Gasteiger partial charge in [0.15, 0.2) is 33.3 Å². The van der Waals surface area contributed by atoms with E-state index < -0.39 is 111 Å². The maximum atomic E-state index is 13.1. The zero-order valence-corrected chi connectivity index (χ0v) is 56.0. The van der Waals surface area contributed by atoms with Crippen molar-refractivity contribution in [3.63, 3.8) is 0 Å². The molecule has 1 aliphatic rings. The van der Waals surface area contributed by atoms with E-state index in [-0.39, 0.29) is 47.9 Å². The number of para-hydroxylation sites is 1. The summed E-state index contributed by atoms with van der Waals surface area (Å²) in [7, 11) is -3.55. The lowest BCUT2D eigenvalue weighted by Gasteiger charge is -2.31. The zero-order valence-electron chi connectivity index (χ0n) is 52.7. The molecular formula is C60H76ClF3N5O20PS2. The number of carboxylic acids is 1. The van der Waals surface area contributed by atoms with Gasteiger partial charge in [-0.3, -0.25) is 48.8 Å². The van der Waals surface area contributed by atoms with E-state index in [1.165, 1.54) is 31.4 Å². The summed E-state index contributed by atoms with van der Waals surface area (Å²) in [4.78, 5) is 124. The number of amides is 1. The van der Waals surface area contributed by atoms with E-state index in [2.05, 4.69) is 31.8 Å². The lowest BCUT2D eigenvalue weighted by atomic mass is 9.81. The van der Waals surface area contributed by atoms with Crippen LogP contribution in [0.25, 0.3) is 5.69 Å². The van der Waals surface area contributed by atoms with E-state index in [1.807, 2.05) is 56.4 Å². The quantitative estimate of drug-likeness (QED) is 0.00962. The van der Waals surface area contributed by atoms with Gasteiger partial charge in [0.05, 0.1) is 78.1 Å². The second kappa shape index (κ2) is 37.2. The molecule has 0 radical (unpaired) electrons. The number of carbonyl (C=O) groups is 6. The van der Waals surface area contributed by atoms with Crippen LogP contribution in [0.1, 0.15) is 85.3 Å². The number of nitrogens with zero attached hydrogens (tertiary/aromatic N) is 4. The highest BCUT2D eigenvalue weighted by atomic mass is 35.5. The largest absolute Gasteiger partial charge is 0.778 e. The number of sulfone groups is 1. The van der Waals surface area contributed by atoms with E-state index in [1.54, 1.807) is 18.9 Å². The summed E-state index contributed by atoms with van der Waals surface area (Å²) in [6.45, 7) is 9.71. The first-order chi connectivity index (χ1) is 42.8. The Morgan fingerprint density at radius 3 is 2.01 bits per heavy atom. The molecule has 1 aliphatic carbocycles. The Morgan fingerprint density at radius 2 is 1.52 bits per heavy atom. The normalized spacial score (nSPS) is 13.6. The van der Waals surface area contributed by atoms with Crippen molar-refractivity contribution in [2.24, 2.45) is 13.0 Å². The minimum absolute atomic E-state index is 0.0223. The highest BCUT2D eigenvalue weighted by Gasteiger charge is 2.40. The first-order valence-corrected chi connectivity index (χ1v) is 34.4. The number of nitro benzene ring substituents is 1. The summed E-state index contributed by atoms with van der Waals surface area (Å²) >= 11 is 5.76. The fourth-order valence-corrected chi connectivity index (χ4v) is 9.68. The summed E-state index contributed by atoms with van der Waals surface area (Å²) in [6, 6.07) is 20.5. The van der Waals surface area contributed by atoms with Crippen molar-refractivity contribution in [2.45, 2.75) is 96.5 Å². The average Bonchev–Trinajstić information content (AvgIpc) is 0.800. The maximum absolute atomic E-state index is 13.1. The van der Waals surface area contributed by atoms with Gasteiger partial charge < -0.3 is 43.3 Å². The van der Waals surface area contributed by atoms with Gasteiger partial charge in [0.2, 0.25) is 5.91 Å². The third kappa shape index (κ3) is 25.1. The number of benzene rings is 4. The van der Waals surface area contributed by atoms with E-state index in [4.69, 9.17) is 40.5 Å². The number of ether oxygens (including phenoxy) is 4. The third-order valence-corrected chi connectivity index (χ3v) is 14.8. The molecule has 3 N–H and O–H groups in total. The van der Waals surface area contributed by atoms with E-state index >= 15 is 0 Å². The van der Waals surface area contributed by atoms with Gasteiger partial charge >= 0.3 is 23.8 Å². The molecule has 3 atom stereocenters. The smallest absolute Gasteiger partial charge is 0.431 e. The van der Waals surface area contributed by atoms with Crippen LogP contribution in [0.2, 0.25) is 0 Å². The first kappa shape index (κ1) is 80.5. The Kier molecular flexibility index (Phi) is 32.6. The van der Waals surface area contributed by atoms with Crippen LogP contribution >= 0.6 is 19.2 Å². The van der Waals surface area contributed by atoms with Crippen molar-refractivity contribution in [1.82, 2.24) is 14.5 Å². The monoisotopic (exact) mass is 1370 g/mol. The van der Waals surface area contributed by atoms with Crippen molar-refractivity contribution >= 4 is 86.5 Å². The molecule has 506 valence electrons. The third-order valence-electron chi connectivity index (χ3n) is 12.9. The minimum atomic E-state index is -4.84. The number of Topliss-reactive ketones (excluding diaryl/α,β-unsaturated/α-hetero) is 3. The van der Waals surface area contributed by atoms with Crippen LogP contribution in [0.4, 0.5) is 24.5 Å². The number of esters is 1. The predicted octanol–water partition coefficient (Wildman–Crippen LogP) is 6.58. The van der Waals surface area contributed by atoms with Crippen LogP contribution in [0.3, 0.4) is 0 Å². The molecule has 1 heterocycles. The SMILES string of the molecule is CCc1ccc(COc2ccc(-n3c(=O)cc(C(F)(F)F)n(C)c3=O)cc2)c(OC(C)C(=O)OC)c1.CCc1cccc(C)c1N(C(=O)CCl)C(C)COC.CS(=O)(=O)c1ccc(C(=O)C2C(=O)CCCC2=O)c([N+](=O)[O-])c1.C[S+](C)C.O=C(O)CNCP(=O)([O-])O. The van der Waals surface area contributed by atoms with E-state index in [0.29, 0.717) is 56.2 Å². The topological polar surface area (TPSA) is 356 Å². The Bertz CT molecular complexity index is 3670. The van der Waals surface area contributed by atoms with Crippen molar-refractivity contribution < 1.29 is 93.7 Å². The molecule has 0 aliphatic heterocycles. The summed E-state index contributed by atoms with van der Waals surface area (Å²) in [5.41, 5.74) is 0.242. The molecule has 25 nitrogen and oxygen atoms in total. The summed E-state index contributed by atoms with van der Waals surface area (Å²) in [5, 5.41) is 21.1. The number of alkyl halides is 4. The molecule has 32 heteroatoms. The Labute approximate surface area is 537 Å². The molecule has 1 aromatic heterocycles. The number of rotatable bonds is 22. The Balaban J connectivity index is 0.000000443. The molecular weight excluding hydrogens is 1300 g/mol. The summed E-state index contributed by atoms with van der Waals surface area (Å²) in [5.74, 6) is -4.58. The molecule has 1 saturated carbocycles. The molecule has 92 heavy (non-hydrogen) atoms. The van der Waals surface area contributed by atoms with E-state index in [0.717, 1.165) is 66.7 Å². The van der Waals surface area contributed by atoms with Crippen LogP contribution in [-0.4, -0.2) is 144 Å². The zero-order chi connectivity index (χ0) is 70.2. The second-order valence-corrected chi connectivity index (χ2v) is 27.0. The molecule has 0 spiro atoms. The van der Waals surface area contributed by atoms with Crippen molar-refractivity contribution in [3.05, 3.63) is 149 Å². The number of ketones is 3. The minimum Gasteiger partial charge on any atom is -0.778 e. The molecule has 0 bridgehead atoms. The molecule has 1 fully saturated rings.